The van der Waals surface area contributed by atoms with Crippen molar-refractivity contribution in [3.05, 3.63) is 21.4 Å². The van der Waals surface area contributed by atoms with Crippen LogP contribution in [0.3, 0.4) is 0 Å². The van der Waals surface area contributed by atoms with E-state index in [1.54, 1.807) is 11.3 Å². The number of ether oxygens (including phenoxy) is 1. The van der Waals surface area contributed by atoms with Crippen LogP contribution in [0.4, 0.5) is 0 Å². The molecule has 0 spiro atoms. The minimum Gasteiger partial charge on any atom is -0.452 e. The number of amides is 1. The number of carbonyl (C=O) groups excluding carboxylic acids is 2. The Labute approximate surface area is 129 Å². The Kier molecular flexibility index (Phi) is 5.79. The molecule has 2 rings (SSSR count). The lowest BCUT2D eigenvalue weighted by Gasteiger charge is -2.12. The molecule has 0 atom stereocenters. The van der Waals surface area contributed by atoms with Gasteiger partial charge in [-0.3, -0.25) is 4.79 Å². The molecule has 0 bridgehead atoms. The third-order valence-electron chi connectivity index (χ3n) is 3.66. The fourth-order valence-electron chi connectivity index (χ4n) is 2.43. The predicted molar refractivity (Wildman–Crippen MR) is 83.7 cm³/mol. The Bertz CT molecular complexity index is 508. The number of hydrogen-bond donors (Lipinski definition) is 1. The van der Waals surface area contributed by atoms with E-state index in [9.17, 15) is 9.59 Å². The summed E-state index contributed by atoms with van der Waals surface area (Å²) in [7, 11) is 0. The second kappa shape index (κ2) is 7.59. The zero-order valence-corrected chi connectivity index (χ0v) is 13.6. The Morgan fingerprint density at radius 1 is 1.33 bits per heavy atom. The molecule has 0 radical (unpaired) electrons. The number of rotatable bonds is 6. The van der Waals surface area contributed by atoms with Crippen molar-refractivity contribution in [1.82, 2.24) is 5.32 Å². The van der Waals surface area contributed by atoms with Crippen molar-refractivity contribution in [1.29, 1.82) is 0 Å². The van der Waals surface area contributed by atoms with E-state index < -0.39 is 0 Å². The van der Waals surface area contributed by atoms with E-state index in [1.807, 2.05) is 5.38 Å². The van der Waals surface area contributed by atoms with Gasteiger partial charge in [0.25, 0.3) is 5.91 Å². The molecule has 0 unspecified atom stereocenters. The smallest absolute Gasteiger partial charge is 0.339 e. The maximum Gasteiger partial charge on any atom is 0.339 e. The maximum absolute atomic E-state index is 12.1. The van der Waals surface area contributed by atoms with Crippen molar-refractivity contribution >= 4 is 23.2 Å². The van der Waals surface area contributed by atoms with Gasteiger partial charge in [0.1, 0.15) is 0 Å². The summed E-state index contributed by atoms with van der Waals surface area (Å²) in [5.41, 5.74) is 1.79. The molecular weight excluding hydrogens is 286 g/mol. The molecule has 116 valence electrons. The highest BCUT2D eigenvalue weighted by Gasteiger charge is 2.21. The number of thiophene rings is 1. The molecule has 0 aliphatic heterocycles. The van der Waals surface area contributed by atoms with Gasteiger partial charge in [0.05, 0.1) is 5.56 Å². The van der Waals surface area contributed by atoms with E-state index >= 15 is 0 Å². The first-order valence-electron chi connectivity index (χ1n) is 7.61. The minimum atomic E-state index is -0.367. The molecule has 1 amide bonds. The van der Waals surface area contributed by atoms with Gasteiger partial charge in [0.2, 0.25) is 0 Å². The van der Waals surface area contributed by atoms with E-state index in [0.29, 0.717) is 18.0 Å². The van der Waals surface area contributed by atoms with Gasteiger partial charge in [-0.2, -0.15) is 0 Å². The van der Waals surface area contributed by atoms with E-state index in [4.69, 9.17) is 4.74 Å². The van der Waals surface area contributed by atoms with Crippen LogP contribution < -0.4 is 5.32 Å². The van der Waals surface area contributed by atoms with Gasteiger partial charge in [0, 0.05) is 16.8 Å². The molecule has 0 saturated heterocycles. The summed E-state index contributed by atoms with van der Waals surface area (Å²) in [5.74, 6) is -0.0494. The quantitative estimate of drug-likeness (QED) is 0.822. The van der Waals surface area contributed by atoms with Crippen molar-refractivity contribution in [3.63, 3.8) is 0 Å². The summed E-state index contributed by atoms with van der Waals surface area (Å²) in [4.78, 5) is 25.0. The normalized spacial score (nSPS) is 13.9. The Morgan fingerprint density at radius 3 is 2.86 bits per heavy atom. The lowest BCUT2D eigenvalue weighted by Crippen LogP contribution is -2.30. The molecule has 1 N–H and O–H groups in total. The van der Waals surface area contributed by atoms with Crippen LogP contribution in [0.5, 0.6) is 0 Å². The third kappa shape index (κ3) is 4.56. The number of hydrogen-bond acceptors (Lipinski definition) is 4. The van der Waals surface area contributed by atoms with Gasteiger partial charge in [0.15, 0.2) is 6.61 Å². The van der Waals surface area contributed by atoms with E-state index in [1.165, 1.54) is 11.3 Å². The van der Waals surface area contributed by atoms with Crippen LogP contribution in [-0.4, -0.2) is 25.0 Å². The molecule has 1 aromatic rings. The summed E-state index contributed by atoms with van der Waals surface area (Å²) in [5, 5.41) is 4.63. The number of carbonyl (C=O) groups is 2. The lowest BCUT2D eigenvalue weighted by atomic mass is 9.96. The van der Waals surface area contributed by atoms with Crippen LogP contribution in [0.25, 0.3) is 0 Å². The summed E-state index contributed by atoms with van der Waals surface area (Å²) in [6, 6.07) is 0. The van der Waals surface area contributed by atoms with Crippen molar-refractivity contribution in [3.8, 4) is 0 Å². The number of esters is 1. The van der Waals surface area contributed by atoms with Crippen LogP contribution in [-0.2, 0) is 22.4 Å². The van der Waals surface area contributed by atoms with Gasteiger partial charge < -0.3 is 10.1 Å². The van der Waals surface area contributed by atoms with Crippen molar-refractivity contribution in [2.75, 3.05) is 13.2 Å². The van der Waals surface area contributed by atoms with Gasteiger partial charge >= 0.3 is 5.97 Å². The van der Waals surface area contributed by atoms with E-state index in [0.717, 1.165) is 31.2 Å². The average Bonchev–Trinajstić information content (AvgIpc) is 2.88. The van der Waals surface area contributed by atoms with Crippen molar-refractivity contribution < 1.29 is 14.3 Å². The number of aryl methyl sites for hydroxylation is 1. The molecule has 0 fully saturated rings. The largest absolute Gasteiger partial charge is 0.452 e. The van der Waals surface area contributed by atoms with Crippen LogP contribution in [0.1, 0.15) is 53.9 Å². The summed E-state index contributed by atoms with van der Waals surface area (Å²) < 4.78 is 5.13. The monoisotopic (exact) mass is 309 g/mol. The van der Waals surface area contributed by atoms with Crippen molar-refractivity contribution in [2.24, 2.45) is 5.92 Å². The van der Waals surface area contributed by atoms with E-state index in [2.05, 4.69) is 19.2 Å². The lowest BCUT2D eigenvalue weighted by molar-refractivity contribution is -0.124. The van der Waals surface area contributed by atoms with Gasteiger partial charge in [-0.05, 0) is 43.6 Å². The zero-order chi connectivity index (χ0) is 15.2. The van der Waals surface area contributed by atoms with Gasteiger partial charge in [-0.15, -0.1) is 11.3 Å². The van der Waals surface area contributed by atoms with Crippen LogP contribution in [0, 0.1) is 5.92 Å². The van der Waals surface area contributed by atoms with Gasteiger partial charge in [-0.25, -0.2) is 4.79 Å². The predicted octanol–water partition coefficient (Wildman–Crippen LogP) is 2.95. The fourth-order valence-corrected chi connectivity index (χ4v) is 3.54. The third-order valence-corrected chi connectivity index (χ3v) is 4.75. The van der Waals surface area contributed by atoms with Crippen LogP contribution >= 0.6 is 11.3 Å². The maximum atomic E-state index is 12.1. The first kappa shape index (κ1) is 16.0. The molecule has 5 heteroatoms. The Hall–Kier alpha value is -1.36. The fraction of sp³-hybridized carbons (Fsp3) is 0.625. The summed E-state index contributed by atoms with van der Waals surface area (Å²) in [6.45, 7) is 4.64. The minimum absolute atomic E-state index is 0.193. The molecule has 21 heavy (non-hydrogen) atoms. The van der Waals surface area contributed by atoms with Crippen LogP contribution in [0.15, 0.2) is 5.38 Å². The van der Waals surface area contributed by atoms with Gasteiger partial charge in [-0.1, -0.05) is 13.8 Å². The highest BCUT2D eigenvalue weighted by Crippen LogP contribution is 2.30. The number of fused-ring (bicyclic) bond motifs is 1. The number of nitrogens with one attached hydrogen (secondary N) is 1. The van der Waals surface area contributed by atoms with E-state index in [-0.39, 0.29) is 18.5 Å². The van der Waals surface area contributed by atoms with Crippen molar-refractivity contribution in [2.45, 2.75) is 46.0 Å². The van der Waals surface area contributed by atoms with Crippen LogP contribution in [0.2, 0.25) is 0 Å². The summed E-state index contributed by atoms with van der Waals surface area (Å²) >= 11 is 1.63. The zero-order valence-electron chi connectivity index (χ0n) is 12.7. The second-order valence-corrected chi connectivity index (χ2v) is 6.83. The molecule has 1 aliphatic rings. The molecule has 1 heterocycles. The second-order valence-electron chi connectivity index (χ2n) is 5.87. The molecule has 0 saturated carbocycles. The Morgan fingerprint density at radius 2 is 2.10 bits per heavy atom. The SMILES string of the molecule is CC(C)CCNC(=O)COC(=O)c1csc2c1CCCC2. The highest BCUT2D eigenvalue weighted by molar-refractivity contribution is 7.10. The molecule has 4 nitrogen and oxygen atoms in total. The molecular formula is C16H23NO3S. The molecule has 0 aromatic carbocycles. The summed E-state index contributed by atoms with van der Waals surface area (Å²) in [6.07, 6.45) is 5.25. The topological polar surface area (TPSA) is 55.4 Å². The standard InChI is InChI=1S/C16H23NO3S/c1-11(2)7-8-17-15(18)9-20-16(19)13-10-21-14-6-4-3-5-12(13)14/h10-11H,3-9H2,1-2H3,(H,17,18). The first-order valence-corrected chi connectivity index (χ1v) is 8.49. The molecule has 1 aliphatic carbocycles. The molecule has 1 aromatic heterocycles. The first-order chi connectivity index (χ1) is 10.1. The highest BCUT2D eigenvalue weighted by atomic mass is 32.1. The average molecular weight is 309 g/mol. The Balaban J connectivity index is 1.79.